The van der Waals surface area contributed by atoms with Crippen molar-refractivity contribution in [2.75, 3.05) is 6.61 Å². The van der Waals surface area contributed by atoms with Crippen molar-refractivity contribution in [3.8, 4) is 16.9 Å². The molecule has 0 saturated carbocycles. The van der Waals surface area contributed by atoms with E-state index in [1.54, 1.807) is 24.3 Å². The number of hydrogen-bond acceptors (Lipinski definition) is 4. The van der Waals surface area contributed by atoms with Gasteiger partial charge in [-0.3, -0.25) is 4.79 Å². The maximum absolute atomic E-state index is 12.4. The van der Waals surface area contributed by atoms with E-state index in [-0.39, 0.29) is 18.0 Å². The summed E-state index contributed by atoms with van der Waals surface area (Å²) < 4.78 is 10.9. The zero-order valence-corrected chi connectivity index (χ0v) is 23.1. The number of carbonyl (C=O) groups excluding carboxylic acids is 2. The van der Waals surface area contributed by atoms with Crippen molar-refractivity contribution >= 4 is 23.5 Å². The molecular weight excluding hydrogens is 496 g/mol. The Kier molecular flexibility index (Phi) is 12.9. The van der Waals surface area contributed by atoms with Gasteiger partial charge in [-0.15, -0.1) is 11.6 Å². The van der Waals surface area contributed by atoms with Crippen LogP contribution in [0.5, 0.6) is 5.75 Å². The predicted octanol–water partition coefficient (Wildman–Crippen LogP) is 8.80. The van der Waals surface area contributed by atoms with Crippen molar-refractivity contribution in [2.45, 2.75) is 76.5 Å². The van der Waals surface area contributed by atoms with E-state index < -0.39 is 5.97 Å². The Morgan fingerprint density at radius 2 is 1.32 bits per heavy atom. The summed E-state index contributed by atoms with van der Waals surface area (Å²) in [5, 5.41) is -0.284. The average molecular weight is 535 g/mol. The average Bonchev–Trinajstić information content (AvgIpc) is 2.94. The van der Waals surface area contributed by atoms with Crippen molar-refractivity contribution in [3.63, 3.8) is 0 Å². The van der Waals surface area contributed by atoms with Gasteiger partial charge < -0.3 is 9.47 Å². The van der Waals surface area contributed by atoms with Gasteiger partial charge in [0.2, 0.25) is 0 Å². The normalized spacial score (nSPS) is 11.6. The van der Waals surface area contributed by atoms with Crippen LogP contribution in [0.25, 0.3) is 11.1 Å². The van der Waals surface area contributed by atoms with Crippen molar-refractivity contribution in [2.24, 2.45) is 0 Å². The van der Waals surface area contributed by atoms with Crippen LogP contribution in [0.3, 0.4) is 0 Å². The lowest BCUT2D eigenvalue weighted by Crippen LogP contribution is -2.16. The van der Waals surface area contributed by atoms with E-state index in [4.69, 9.17) is 21.1 Å². The minimum absolute atomic E-state index is 0.149. The van der Waals surface area contributed by atoms with Gasteiger partial charge >= 0.3 is 11.9 Å². The van der Waals surface area contributed by atoms with E-state index in [9.17, 15) is 9.59 Å². The molecule has 202 valence electrons. The summed E-state index contributed by atoms with van der Waals surface area (Å²) >= 11 is 6.34. The molecule has 1 unspecified atom stereocenters. The van der Waals surface area contributed by atoms with Crippen LogP contribution >= 0.6 is 11.6 Å². The highest BCUT2D eigenvalue weighted by atomic mass is 35.5. The van der Waals surface area contributed by atoms with Crippen molar-refractivity contribution in [3.05, 3.63) is 90.0 Å². The summed E-state index contributed by atoms with van der Waals surface area (Å²) in [6, 6.07) is 24.6. The van der Waals surface area contributed by atoms with E-state index in [1.807, 2.05) is 54.6 Å². The highest BCUT2D eigenvalue weighted by molar-refractivity contribution is 6.20. The maximum atomic E-state index is 12.4. The third-order valence-electron chi connectivity index (χ3n) is 6.47. The molecule has 0 radical (unpaired) electrons. The van der Waals surface area contributed by atoms with Gasteiger partial charge in [-0.25, -0.2) is 4.79 Å². The fourth-order valence-electron chi connectivity index (χ4n) is 4.28. The van der Waals surface area contributed by atoms with Gasteiger partial charge in [0, 0.05) is 6.42 Å². The van der Waals surface area contributed by atoms with Crippen molar-refractivity contribution in [1.82, 2.24) is 0 Å². The van der Waals surface area contributed by atoms with Gasteiger partial charge in [0.1, 0.15) is 12.4 Å². The Morgan fingerprint density at radius 1 is 0.737 bits per heavy atom. The first-order valence-corrected chi connectivity index (χ1v) is 14.2. The molecule has 1 atom stereocenters. The Morgan fingerprint density at radius 3 is 1.95 bits per heavy atom. The zero-order chi connectivity index (χ0) is 27.0. The third kappa shape index (κ3) is 10.7. The highest BCUT2D eigenvalue weighted by Crippen LogP contribution is 2.24. The van der Waals surface area contributed by atoms with Crippen molar-refractivity contribution in [1.29, 1.82) is 0 Å². The second-order valence-electron chi connectivity index (χ2n) is 9.69. The number of alkyl halides is 1. The molecule has 0 amide bonds. The third-order valence-corrected chi connectivity index (χ3v) is 6.75. The van der Waals surface area contributed by atoms with Gasteiger partial charge in [0.15, 0.2) is 0 Å². The van der Waals surface area contributed by atoms with Crippen LogP contribution in [0.15, 0.2) is 78.9 Å². The second kappa shape index (κ2) is 16.7. The Balaban J connectivity index is 1.38. The fraction of sp³-hybridized carbons (Fsp3) is 0.394. The maximum Gasteiger partial charge on any atom is 0.338 e. The molecule has 0 aliphatic heterocycles. The fourth-order valence-corrected chi connectivity index (χ4v) is 4.52. The summed E-state index contributed by atoms with van der Waals surface area (Å²) in [7, 11) is 0. The molecule has 0 aliphatic carbocycles. The Bertz CT molecular complexity index is 1090. The lowest BCUT2D eigenvalue weighted by molar-refractivity contribution is -0.134. The van der Waals surface area contributed by atoms with E-state index in [0.717, 1.165) is 29.5 Å². The van der Waals surface area contributed by atoms with Crippen LogP contribution in [-0.4, -0.2) is 23.9 Å². The SMILES string of the molecule is CCCCCCCCCCC(=O)Oc1ccc(-c2ccc(C(=O)OCC(Cl)Cc3ccccc3)cc2)cc1. The number of halogens is 1. The molecular formula is C33H39ClO4. The van der Waals surface area contributed by atoms with Gasteiger partial charge in [-0.05, 0) is 53.8 Å². The first kappa shape index (κ1) is 29.4. The zero-order valence-electron chi connectivity index (χ0n) is 22.4. The Labute approximate surface area is 232 Å². The molecule has 0 heterocycles. The quantitative estimate of drug-likeness (QED) is 0.0797. The molecule has 3 rings (SSSR count). The van der Waals surface area contributed by atoms with Crippen LogP contribution < -0.4 is 4.74 Å². The number of carbonyl (C=O) groups is 2. The van der Waals surface area contributed by atoms with Crippen LogP contribution in [-0.2, 0) is 16.0 Å². The molecule has 0 N–H and O–H groups in total. The first-order chi connectivity index (χ1) is 18.5. The number of rotatable bonds is 16. The molecule has 0 aliphatic rings. The van der Waals surface area contributed by atoms with Crippen molar-refractivity contribution < 1.29 is 19.1 Å². The minimum Gasteiger partial charge on any atom is -0.461 e. The molecule has 4 nitrogen and oxygen atoms in total. The van der Waals surface area contributed by atoms with Crippen LogP contribution in [0.2, 0.25) is 0 Å². The van der Waals surface area contributed by atoms with Gasteiger partial charge in [-0.1, -0.05) is 106 Å². The summed E-state index contributed by atoms with van der Waals surface area (Å²) in [5.74, 6) is -0.0341. The van der Waals surface area contributed by atoms with Gasteiger partial charge in [0.25, 0.3) is 0 Å². The Hall–Kier alpha value is -3.11. The topological polar surface area (TPSA) is 52.6 Å². The summed E-state index contributed by atoms with van der Waals surface area (Å²) in [6.07, 6.45) is 10.7. The van der Waals surface area contributed by atoms with Crippen LogP contribution in [0, 0.1) is 0 Å². The molecule has 0 bridgehead atoms. The second-order valence-corrected chi connectivity index (χ2v) is 10.3. The number of esters is 2. The van der Waals surface area contributed by atoms with Crippen LogP contribution in [0.4, 0.5) is 0 Å². The number of ether oxygens (including phenoxy) is 2. The van der Waals surface area contributed by atoms with Gasteiger partial charge in [-0.2, -0.15) is 0 Å². The molecule has 3 aromatic carbocycles. The predicted molar refractivity (Wildman–Crippen MR) is 155 cm³/mol. The lowest BCUT2D eigenvalue weighted by atomic mass is 10.0. The molecule has 0 saturated heterocycles. The molecule has 0 spiro atoms. The summed E-state index contributed by atoms with van der Waals surface area (Å²) in [4.78, 5) is 24.6. The molecule has 0 fully saturated rings. The van der Waals surface area contributed by atoms with E-state index in [1.165, 1.54) is 38.5 Å². The smallest absolute Gasteiger partial charge is 0.338 e. The standard InChI is InChI=1S/C33H39ClO4/c1-2-3-4-5-6-7-8-12-15-32(35)38-31-22-20-28(21-23-31)27-16-18-29(19-17-27)33(36)37-25-30(34)24-26-13-10-9-11-14-26/h9-11,13-14,16-23,30H,2-8,12,15,24-25H2,1H3. The largest absolute Gasteiger partial charge is 0.461 e. The lowest BCUT2D eigenvalue weighted by Gasteiger charge is -2.11. The number of unbranched alkanes of at least 4 members (excludes halogenated alkanes) is 7. The van der Waals surface area contributed by atoms with E-state index in [0.29, 0.717) is 24.2 Å². The molecule has 5 heteroatoms. The summed E-state index contributed by atoms with van der Waals surface area (Å²) in [5.41, 5.74) is 3.51. The minimum atomic E-state index is -0.394. The molecule has 38 heavy (non-hydrogen) atoms. The highest BCUT2D eigenvalue weighted by Gasteiger charge is 2.12. The summed E-state index contributed by atoms with van der Waals surface area (Å²) in [6.45, 7) is 2.37. The van der Waals surface area contributed by atoms with E-state index >= 15 is 0 Å². The van der Waals surface area contributed by atoms with E-state index in [2.05, 4.69) is 6.92 Å². The number of benzene rings is 3. The number of hydrogen-bond donors (Lipinski definition) is 0. The first-order valence-electron chi connectivity index (χ1n) is 13.8. The molecule has 3 aromatic rings. The van der Waals surface area contributed by atoms with Gasteiger partial charge in [0.05, 0.1) is 10.9 Å². The monoisotopic (exact) mass is 534 g/mol. The molecule has 0 aromatic heterocycles. The van der Waals surface area contributed by atoms with Crippen LogP contribution in [0.1, 0.15) is 80.6 Å².